The fraction of sp³-hybridized carbons (Fsp3) is 0.538. The summed E-state index contributed by atoms with van der Waals surface area (Å²) in [4.78, 5) is 2.45. The van der Waals surface area contributed by atoms with Gasteiger partial charge in [-0.05, 0) is 67.0 Å². The van der Waals surface area contributed by atoms with Crippen LogP contribution in [-0.4, -0.2) is 24.1 Å². The summed E-state index contributed by atoms with van der Waals surface area (Å²) >= 11 is 3.56. The number of nitrogens with zero attached hydrogens (tertiary/aromatic N) is 1. The van der Waals surface area contributed by atoms with E-state index in [1.807, 2.05) is 13.8 Å². The van der Waals surface area contributed by atoms with E-state index in [0.29, 0.717) is 0 Å². The molecule has 0 spiro atoms. The molecule has 3 heteroatoms. The largest absolute Gasteiger partial charge is 0.490 e. The molecular weight excluding hydrogens is 266 g/mol. The van der Waals surface area contributed by atoms with Crippen LogP contribution in [0.25, 0.3) is 0 Å². The van der Waals surface area contributed by atoms with Gasteiger partial charge in [-0.25, -0.2) is 0 Å². The highest BCUT2D eigenvalue weighted by Gasteiger charge is 2.14. The molecule has 0 aromatic heterocycles. The lowest BCUT2D eigenvalue weighted by Gasteiger charge is -2.30. The Labute approximate surface area is 106 Å². The molecular formula is C13H18BrNO. The molecule has 0 amide bonds. The van der Waals surface area contributed by atoms with Crippen LogP contribution >= 0.6 is 15.9 Å². The van der Waals surface area contributed by atoms with Crippen molar-refractivity contribution in [3.8, 4) is 5.75 Å². The third kappa shape index (κ3) is 2.98. The zero-order valence-corrected chi connectivity index (χ0v) is 11.5. The zero-order valence-electron chi connectivity index (χ0n) is 9.87. The lowest BCUT2D eigenvalue weighted by Crippen LogP contribution is -2.36. The molecule has 0 radical (unpaired) electrons. The number of likely N-dealkylation sites (tertiary alicyclic amines) is 1. The zero-order chi connectivity index (χ0) is 11.5. The Balaban J connectivity index is 2.03. The van der Waals surface area contributed by atoms with Gasteiger partial charge in [-0.1, -0.05) is 6.07 Å². The van der Waals surface area contributed by atoms with E-state index in [4.69, 9.17) is 4.74 Å². The Morgan fingerprint density at radius 2 is 2.12 bits per heavy atom. The molecule has 1 saturated heterocycles. The first-order chi connectivity index (χ1) is 7.65. The van der Waals surface area contributed by atoms with Crippen LogP contribution in [0.5, 0.6) is 5.75 Å². The Hall–Kier alpha value is -0.540. The van der Waals surface area contributed by atoms with Gasteiger partial charge in [0.05, 0.1) is 10.6 Å². The smallest absolute Gasteiger partial charge is 0.133 e. The second kappa shape index (κ2) is 5.19. The fourth-order valence-electron chi connectivity index (χ4n) is 1.79. The number of hydrogen-bond donors (Lipinski definition) is 0. The van der Waals surface area contributed by atoms with Crippen molar-refractivity contribution >= 4 is 15.9 Å². The van der Waals surface area contributed by atoms with Gasteiger partial charge in [0.15, 0.2) is 0 Å². The maximum atomic E-state index is 5.68. The Bertz CT molecular complexity index is 361. The quantitative estimate of drug-likeness (QED) is 0.839. The highest BCUT2D eigenvalue weighted by atomic mass is 79.9. The first-order valence-electron chi connectivity index (χ1n) is 5.82. The molecule has 1 aliphatic heterocycles. The number of halogens is 1. The van der Waals surface area contributed by atoms with Gasteiger partial charge < -0.3 is 4.74 Å². The number of rotatable bonds is 4. The lowest BCUT2D eigenvalue weighted by atomic mass is 10.1. The summed E-state index contributed by atoms with van der Waals surface area (Å²) in [5, 5.41) is 0. The van der Waals surface area contributed by atoms with E-state index < -0.39 is 0 Å². The predicted octanol–water partition coefficient (Wildman–Crippen LogP) is 3.44. The van der Waals surface area contributed by atoms with E-state index in [1.165, 1.54) is 25.1 Å². The third-order valence-corrected chi connectivity index (χ3v) is 3.33. The number of hydrogen-bond acceptors (Lipinski definition) is 2. The molecule has 0 aliphatic carbocycles. The van der Waals surface area contributed by atoms with Crippen molar-refractivity contribution in [2.75, 3.05) is 13.1 Å². The summed E-state index contributed by atoms with van der Waals surface area (Å²) in [7, 11) is 0. The monoisotopic (exact) mass is 283 g/mol. The minimum atomic E-state index is 0.220. The van der Waals surface area contributed by atoms with E-state index in [1.54, 1.807) is 0 Å². The SMILES string of the molecule is CC(C)Oc1ccc(CN2CCC2)cc1Br. The van der Waals surface area contributed by atoms with Crippen molar-refractivity contribution in [3.05, 3.63) is 28.2 Å². The van der Waals surface area contributed by atoms with Gasteiger partial charge in [0.1, 0.15) is 5.75 Å². The molecule has 1 aromatic rings. The molecule has 0 bridgehead atoms. The van der Waals surface area contributed by atoms with Crippen molar-refractivity contribution in [1.82, 2.24) is 4.90 Å². The highest BCUT2D eigenvalue weighted by molar-refractivity contribution is 9.10. The van der Waals surface area contributed by atoms with Crippen molar-refractivity contribution in [3.63, 3.8) is 0 Å². The molecule has 1 aliphatic rings. The van der Waals surface area contributed by atoms with Crippen LogP contribution in [-0.2, 0) is 6.54 Å². The minimum Gasteiger partial charge on any atom is -0.490 e. The molecule has 0 unspecified atom stereocenters. The Morgan fingerprint density at radius 1 is 1.38 bits per heavy atom. The van der Waals surface area contributed by atoms with E-state index in [0.717, 1.165) is 16.8 Å². The molecule has 2 rings (SSSR count). The summed E-state index contributed by atoms with van der Waals surface area (Å²) < 4.78 is 6.74. The van der Waals surface area contributed by atoms with Gasteiger partial charge in [0.25, 0.3) is 0 Å². The van der Waals surface area contributed by atoms with E-state index in [9.17, 15) is 0 Å². The minimum absolute atomic E-state index is 0.220. The van der Waals surface area contributed by atoms with Crippen LogP contribution in [0, 0.1) is 0 Å². The standard InChI is InChI=1S/C13H18BrNO/c1-10(2)16-13-5-4-11(8-12(13)14)9-15-6-3-7-15/h4-5,8,10H,3,6-7,9H2,1-2H3. The average molecular weight is 284 g/mol. The summed E-state index contributed by atoms with van der Waals surface area (Å²) in [6.45, 7) is 7.62. The normalized spacial score (nSPS) is 16.2. The summed E-state index contributed by atoms with van der Waals surface area (Å²) in [5.74, 6) is 0.933. The Kier molecular flexibility index (Phi) is 3.87. The predicted molar refractivity (Wildman–Crippen MR) is 69.8 cm³/mol. The molecule has 0 atom stereocenters. The fourth-order valence-corrected chi connectivity index (χ4v) is 2.31. The van der Waals surface area contributed by atoms with Crippen molar-refractivity contribution in [1.29, 1.82) is 0 Å². The maximum Gasteiger partial charge on any atom is 0.133 e. The van der Waals surface area contributed by atoms with Crippen molar-refractivity contribution in [2.45, 2.75) is 32.9 Å². The summed E-state index contributed by atoms with van der Waals surface area (Å²) in [6.07, 6.45) is 1.56. The molecule has 1 fully saturated rings. The van der Waals surface area contributed by atoms with Gasteiger partial charge >= 0.3 is 0 Å². The number of ether oxygens (including phenoxy) is 1. The summed E-state index contributed by atoms with van der Waals surface area (Å²) in [5.41, 5.74) is 1.35. The summed E-state index contributed by atoms with van der Waals surface area (Å²) in [6, 6.07) is 6.37. The molecule has 0 N–H and O–H groups in total. The molecule has 16 heavy (non-hydrogen) atoms. The molecule has 1 heterocycles. The lowest BCUT2D eigenvalue weighted by molar-refractivity contribution is 0.172. The average Bonchev–Trinajstić information content (AvgIpc) is 2.15. The van der Waals surface area contributed by atoms with Crippen LogP contribution in [0.2, 0.25) is 0 Å². The molecule has 0 saturated carbocycles. The van der Waals surface area contributed by atoms with Gasteiger partial charge in [0.2, 0.25) is 0 Å². The van der Waals surface area contributed by atoms with Crippen LogP contribution in [0.1, 0.15) is 25.8 Å². The van der Waals surface area contributed by atoms with Crippen LogP contribution in [0.4, 0.5) is 0 Å². The van der Waals surface area contributed by atoms with Crippen molar-refractivity contribution in [2.24, 2.45) is 0 Å². The van der Waals surface area contributed by atoms with Gasteiger partial charge in [-0.3, -0.25) is 4.90 Å². The van der Waals surface area contributed by atoms with Crippen LogP contribution < -0.4 is 4.74 Å². The first-order valence-corrected chi connectivity index (χ1v) is 6.62. The first kappa shape index (κ1) is 11.9. The molecule has 1 aromatic carbocycles. The van der Waals surface area contributed by atoms with Crippen molar-refractivity contribution < 1.29 is 4.74 Å². The van der Waals surface area contributed by atoms with Gasteiger partial charge in [0, 0.05) is 6.54 Å². The molecule has 88 valence electrons. The second-order valence-electron chi connectivity index (χ2n) is 4.56. The maximum absolute atomic E-state index is 5.68. The number of benzene rings is 1. The van der Waals surface area contributed by atoms with E-state index in [-0.39, 0.29) is 6.10 Å². The highest BCUT2D eigenvalue weighted by Crippen LogP contribution is 2.27. The van der Waals surface area contributed by atoms with Crippen LogP contribution in [0.15, 0.2) is 22.7 Å². The Morgan fingerprint density at radius 3 is 2.62 bits per heavy atom. The van der Waals surface area contributed by atoms with Gasteiger partial charge in [-0.15, -0.1) is 0 Å². The topological polar surface area (TPSA) is 12.5 Å². The van der Waals surface area contributed by atoms with Crippen LogP contribution in [0.3, 0.4) is 0 Å². The van der Waals surface area contributed by atoms with E-state index in [2.05, 4.69) is 39.0 Å². The van der Waals surface area contributed by atoms with E-state index >= 15 is 0 Å². The third-order valence-electron chi connectivity index (χ3n) is 2.71. The molecule has 2 nitrogen and oxygen atoms in total. The second-order valence-corrected chi connectivity index (χ2v) is 5.42. The van der Waals surface area contributed by atoms with Gasteiger partial charge in [-0.2, -0.15) is 0 Å².